The number of hydrogen-bond acceptors (Lipinski definition) is 8. The second-order valence-electron chi connectivity index (χ2n) is 6.43. The fourth-order valence-corrected chi connectivity index (χ4v) is 3.94. The van der Waals surface area contributed by atoms with Crippen molar-refractivity contribution < 1.29 is 22.7 Å². The summed E-state index contributed by atoms with van der Waals surface area (Å²) in [6.07, 6.45) is 0. The summed E-state index contributed by atoms with van der Waals surface area (Å²) in [6, 6.07) is 5.75. The number of carbonyl (C=O) groups excluding carboxylic acids is 1. The number of carbonyl (C=O) groups is 1. The number of nitrogens with two attached hydrogens (primary N) is 1. The summed E-state index contributed by atoms with van der Waals surface area (Å²) in [5.74, 6) is 0.499. The molecule has 1 amide bonds. The molecule has 29 heavy (non-hydrogen) atoms. The third kappa shape index (κ3) is 5.00. The monoisotopic (exact) mass is 421 g/mol. The summed E-state index contributed by atoms with van der Waals surface area (Å²) < 4.78 is 38.2. The molecule has 0 saturated carbocycles. The van der Waals surface area contributed by atoms with Crippen molar-refractivity contribution in [2.24, 2.45) is 5.73 Å². The first-order valence-electron chi connectivity index (χ1n) is 8.95. The molecule has 0 bridgehead atoms. The number of primary amides is 1. The van der Waals surface area contributed by atoms with E-state index >= 15 is 0 Å². The lowest BCUT2D eigenvalue weighted by atomic mass is 10.2. The van der Waals surface area contributed by atoms with Crippen LogP contribution < -0.4 is 20.1 Å². The van der Waals surface area contributed by atoms with Crippen molar-refractivity contribution in [3.05, 3.63) is 41.3 Å². The number of nitrogens with zero attached hydrogens (tertiary/aromatic N) is 3. The van der Waals surface area contributed by atoms with Crippen LogP contribution in [0.15, 0.2) is 29.2 Å². The Kier molecular flexibility index (Phi) is 6.30. The SMILES string of the molecule is COc1ccc(S(=O)(=O)NCc2nc(C)cc(N3CCOCC3)n2)cc1C(N)=O. The molecule has 1 aromatic carbocycles. The van der Waals surface area contributed by atoms with E-state index < -0.39 is 15.9 Å². The van der Waals surface area contributed by atoms with Crippen LogP contribution in [0.1, 0.15) is 21.9 Å². The molecule has 3 N–H and O–H groups in total. The van der Waals surface area contributed by atoms with E-state index in [1.807, 2.05) is 13.0 Å². The van der Waals surface area contributed by atoms with Gasteiger partial charge in [-0.15, -0.1) is 0 Å². The van der Waals surface area contributed by atoms with E-state index in [-0.39, 0.29) is 22.8 Å². The van der Waals surface area contributed by atoms with Gasteiger partial charge in [-0.1, -0.05) is 0 Å². The second-order valence-corrected chi connectivity index (χ2v) is 8.20. The van der Waals surface area contributed by atoms with Gasteiger partial charge in [0.15, 0.2) is 0 Å². The fourth-order valence-electron chi connectivity index (χ4n) is 2.94. The number of aromatic nitrogens is 2. The van der Waals surface area contributed by atoms with Gasteiger partial charge in [0.2, 0.25) is 10.0 Å². The zero-order valence-electron chi connectivity index (χ0n) is 16.2. The van der Waals surface area contributed by atoms with E-state index in [0.717, 1.165) is 11.5 Å². The molecule has 3 rings (SSSR count). The maximum Gasteiger partial charge on any atom is 0.252 e. The number of ether oxygens (including phenoxy) is 2. The first kappa shape index (κ1) is 21.0. The third-order valence-electron chi connectivity index (χ3n) is 4.39. The molecule has 0 spiro atoms. The molecule has 1 fully saturated rings. The smallest absolute Gasteiger partial charge is 0.252 e. The maximum absolute atomic E-state index is 12.7. The minimum absolute atomic E-state index is 0.0169. The molecule has 1 aromatic heterocycles. The van der Waals surface area contributed by atoms with E-state index in [0.29, 0.717) is 32.1 Å². The molecule has 1 saturated heterocycles. The predicted octanol–water partition coefficient (Wildman–Crippen LogP) is 0.208. The van der Waals surface area contributed by atoms with E-state index in [1.165, 1.54) is 25.3 Å². The molecule has 1 aliphatic heterocycles. The Bertz CT molecular complexity index is 1010. The van der Waals surface area contributed by atoms with E-state index in [4.69, 9.17) is 15.2 Å². The minimum atomic E-state index is -3.92. The average Bonchev–Trinajstić information content (AvgIpc) is 2.72. The highest BCUT2D eigenvalue weighted by Gasteiger charge is 2.20. The van der Waals surface area contributed by atoms with E-state index in [2.05, 4.69) is 19.6 Å². The van der Waals surface area contributed by atoms with Crippen molar-refractivity contribution in [1.29, 1.82) is 0 Å². The first-order valence-corrected chi connectivity index (χ1v) is 10.4. The fraction of sp³-hybridized carbons (Fsp3) is 0.389. The van der Waals surface area contributed by atoms with Crippen LogP contribution in [-0.2, 0) is 21.3 Å². The average molecular weight is 421 g/mol. The Morgan fingerprint density at radius 3 is 2.66 bits per heavy atom. The van der Waals surface area contributed by atoms with Crippen LogP contribution in [0.25, 0.3) is 0 Å². The van der Waals surface area contributed by atoms with Gasteiger partial charge in [-0.05, 0) is 25.1 Å². The molecule has 0 atom stereocenters. The second kappa shape index (κ2) is 8.72. The highest BCUT2D eigenvalue weighted by Crippen LogP contribution is 2.22. The molecule has 156 valence electrons. The van der Waals surface area contributed by atoms with Crippen molar-refractivity contribution in [2.75, 3.05) is 38.3 Å². The van der Waals surface area contributed by atoms with Crippen molar-refractivity contribution in [1.82, 2.24) is 14.7 Å². The van der Waals surface area contributed by atoms with Crippen LogP contribution in [0, 0.1) is 6.92 Å². The zero-order chi connectivity index (χ0) is 21.0. The number of hydrogen-bond donors (Lipinski definition) is 2. The Balaban J connectivity index is 1.79. The number of rotatable bonds is 7. The molecule has 2 aromatic rings. The molecule has 10 nitrogen and oxygen atoms in total. The van der Waals surface area contributed by atoms with Gasteiger partial charge in [0.25, 0.3) is 5.91 Å². The van der Waals surface area contributed by atoms with Gasteiger partial charge in [-0.2, -0.15) is 0 Å². The zero-order valence-corrected chi connectivity index (χ0v) is 17.0. The van der Waals surface area contributed by atoms with Crippen LogP contribution >= 0.6 is 0 Å². The number of methoxy groups -OCH3 is 1. The number of anilines is 1. The third-order valence-corrected chi connectivity index (χ3v) is 5.79. The van der Waals surface area contributed by atoms with Gasteiger partial charge in [-0.25, -0.2) is 23.1 Å². The Hall–Kier alpha value is -2.76. The topological polar surface area (TPSA) is 137 Å². The van der Waals surface area contributed by atoms with Crippen LogP contribution in [0.4, 0.5) is 5.82 Å². The molecular formula is C18H23N5O5S. The Morgan fingerprint density at radius 2 is 2.00 bits per heavy atom. The Morgan fingerprint density at radius 1 is 1.28 bits per heavy atom. The van der Waals surface area contributed by atoms with Crippen LogP contribution in [0.3, 0.4) is 0 Å². The molecule has 11 heteroatoms. The van der Waals surface area contributed by atoms with Gasteiger partial charge in [0, 0.05) is 24.8 Å². The molecule has 2 heterocycles. The lowest BCUT2D eigenvalue weighted by Crippen LogP contribution is -2.37. The number of nitrogens with one attached hydrogen (secondary N) is 1. The summed E-state index contributed by atoms with van der Waals surface area (Å²) in [5.41, 5.74) is 6.02. The lowest BCUT2D eigenvalue weighted by molar-refractivity contribution is 0.0997. The summed E-state index contributed by atoms with van der Waals surface area (Å²) >= 11 is 0. The van der Waals surface area contributed by atoms with Gasteiger partial charge in [0.1, 0.15) is 17.4 Å². The summed E-state index contributed by atoms with van der Waals surface area (Å²) in [6.45, 7) is 4.38. The van der Waals surface area contributed by atoms with Crippen molar-refractivity contribution in [3.63, 3.8) is 0 Å². The maximum atomic E-state index is 12.7. The van der Waals surface area contributed by atoms with Crippen LogP contribution in [0.5, 0.6) is 5.75 Å². The standard InChI is InChI=1S/C18H23N5O5S/c1-12-9-17(23-5-7-28-8-6-23)22-16(21-12)11-20-29(25,26)13-3-4-15(27-2)14(10-13)18(19)24/h3-4,9-10,20H,5-8,11H2,1-2H3,(H2,19,24). The number of morpholine rings is 1. The van der Waals surface area contributed by atoms with Gasteiger partial charge in [0.05, 0.1) is 37.3 Å². The number of amides is 1. The molecule has 0 unspecified atom stereocenters. The van der Waals surface area contributed by atoms with Crippen LogP contribution in [-0.4, -0.2) is 57.7 Å². The van der Waals surface area contributed by atoms with Gasteiger partial charge >= 0.3 is 0 Å². The van der Waals surface area contributed by atoms with Gasteiger partial charge in [-0.3, -0.25) is 4.79 Å². The summed E-state index contributed by atoms with van der Waals surface area (Å²) in [4.78, 5) is 22.3. The highest BCUT2D eigenvalue weighted by atomic mass is 32.2. The van der Waals surface area contributed by atoms with Crippen LogP contribution in [0.2, 0.25) is 0 Å². The van der Waals surface area contributed by atoms with Crippen molar-refractivity contribution in [3.8, 4) is 5.75 Å². The molecular weight excluding hydrogens is 398 g/mol. The molecule has 0 radical (unpaired) electrons. The lowest BCUT2D eigenvalue weighted by Gasteiger charge is -2.28. The quantitative estimate of drug-likeness (QED) is 0.647. The largest absolute Gasteiger partial charge is 0.496 e. The van der Waals surface area contributed by atoms with Gasteiger partial charge < -0.3 is 20.1 Å². The van der Waals surface area contributed by atoms with Crippen molar-refractivity contribution in [2.45, 2.75) is 18.4 Å². The first-order chi connectivity index (χ1) is 13.8. The molecule has 1 aliphatic rings. The van der Waals surface area contributed by atoms with E-state index in [9.17, 15) is 13.2 Å². The summed E-state index contributed by atoms with van der Waals surface area (Å²) in [7, 11) is -2.55. The predicted molar refractivity (Wildman–Crippen MR) is 105 cm³/mol. The molecule has 0 aliphatic carbocycles. The number of aryl methyl sites for hydroxylation is 1. The van der Waals surface area contributed by atoms with Crippen molar-refractivity contribution >= 4 is 21.7 Å². The number of sulfonamides is 1. The Labute approximate surface area is 169 Å². The highest BCUT2D eigenvalue weighted by molar-refractivity contribution is 7.89. The van der Waals surface area contributed by atoms with E-state index in [1.54, 1.807) is 0 Å². The summed E-state index contributed by atoms with van der Waals surface area (Å²) in [5, 5.41) is 0. The normalized spacial score (nSPS) is 14.6. The minimum Gasteiger partial charge on any atom is -0.496 e. The number of benzene rings is 1.